The zero-order chi connectivity index (χ0) is 19.1. The fourth-order valence-corrected chi connectivity index (χ4v) is 5.17. The van der Waals surface area contributed by atoms with Crippen LogP contribution in [0.2, 0.25) is 0 Å². The first-order chi connectivity index (χ1) is 13.7. The number of aromatic hydroxyl groups is 1. The third-order valence-electron chi connectivity index (χ3n) is 6.63. The van der Waals surface area contributed by atoms with Gasteiger partial charge in [-0.2, -0.15) is 0 Å². The fraction of sp³-hybridized carbons (Fsp3) is 0.478. The zero-order valence-corrected chi connectivity index (χ0v) is 16.3. The van der Waals surface area contributed by atoms with Gasteiger partial charge in [-0.15, -0.1) is 6.58 Å². The van der Waals surface area contributed by atoms with Crippen molar-refractivity contribution in [3.8, 4) is 5.75 Å². The van der Waals surface area contributed by atoms with Gasteiger partial charge >= 0.3 is 0 Å². The van der Waals surface area contributed by atoms with Gasteiger partial charge in [-0.25, -0.2) is 9.97 Å². The van der Waals surface area contributed by atoms with Gasteiger partial charge in [0.25, 0.3) is 0 Å². The van der Waals surface area contributed by atoms with E-state index in [1.54, 1.807) is 0 Å². The minimum absolute atomic E-state index is 0.365. The number of hydrogen-bond acceptors (Lipinski definition) is 5. The lowest BCUT2D eigenvalue weighted by Gasteiger charge is -2.36. The summed E-state index contributed by atoms with van der Waals surface area (Å²) in [6.07, 6.45) is 10.4. The van der Waals surface area contributed by atoms with E-state index in [2.05, 4.69) is 22.6 Å². The Balaban J connectivity index is 1.41. The van der Waals surface area contributed by atoms with Crippen molar-refractivity contribution >= 4 is 5.95 Å². The summed E-state index contributed by atoms with van der Waals surface area (Å²) in [6, 6.07) is 6.93. The van der Waals surface area contributed by atoms with Gasteiger partial charge in [0.15, 0.2) is 0 Å². The molecule has 2 fully saturated rings. The molecule has 0 aliphatic carbocycles. The van der Waals surface area contributed by atoms with E-state index in [9.17, 15) is 5.11 Å². The number of allylic oxidation sites excluding steroid dienone is 1. The highest BCUT2D eigenvalue weighted by Crippen LogP contribution is 2.44. The van der Waals surface area contributed by atoms with Crippen LogP contribution in [0, 0.1) is 0 Å². The molecule has 2 aromatic rings. The van der Waals surface area contributed by atoms with E-state index in [1.807, 2.05) is 24.3 Å². The normalized spacial score (nSPS) is 23.8. The molecule has 5 nitrogen and oxygen atoms in total. The lowest BCUT2D eigenvalue weighted by molar-refractivity contribution is 0.164. The van der Waals surface area contributed by atoms with E-state index in [0.29, 0.717) is 24.3 Å². The van der Waals surface area contributed by atoms with Crippen LogP contribution in [0.25, 0.3) is 0 Å². The molecule has 0 saturated carbocycles. The van der Waals surface area contributed by atoms with E-state index in [1.165, 1.54) is 30.5 Å². The number of aromatic nitrogens is 2. The molecular formula is C23H28N4O. The Kier molecular flexibility index (Phi) is 4.55. The number of hydrogen-bond donors (Lipinski definition) is 1. The minimum Gasteiger partial charge on any atom is -0.507 e. The Morgan fingerprint density at radius 2 is 2.00 bits per heavy atom. The fourth-order valence-electron chi connectivity index (χ4n) is 5.17. The summed E-state index contributed by atoms with van der Waals surface area (Å²) >= 11 is 0. The molecule has 2 atom stereocenters. The Morgan fingerprint density at radius 3 is 2.82 bits per heavy atom. The van der Waals surface area contributed by atoms with Gasteiger partial charge in [0.1, 0.15) is 5.75 Å². The number of fused-ring (bicyclic) bond motifs is 4. The molecule has 146 valence electrons. The lowest BCUT2D eigenvalue weighted by atomic mass is 9.97. The third kappa shape index (κ3) is 2.98. The highest BCUT2D eigenvalue weighted by Gasteiger charge is 2.41. The summed E-state index contributed by atoms with van der Waals surface area (Å²) in [5.74, 6) is 1.34. The van der Waals surface area contributed by atoms with Crippen molar-refractivity contribution in [2.45, 2.75) is 57.2 Å². The second-order valence-corrected chi connectivity index (χ2v) is 8.31. The summed E-state index contributed by atoms with van der Waals surface area (Å²) in [4.78, 5) is 14.5. The highest BCUT2D eigenvalue weighted by atomic mass is 16.3. The standard InChI is InChI=1S/C23H28N4O/c1-2-6-16-7-5-8-17(22(16)28)15-27-18-9-10-21(27)19-14-24-23(25-20(19)13-18)26-11-3-4-12-26/h2,5,7-8,14,18,21,28H,1,3-4,6,9-13,15H2/t18-,21+/m0/s1. The molecule has 3 aliphatic heterocycles. The van der Waals surface area contributed by atoms with Crippen LogP contribution in [0.5, 0.6) is 5.75 Å². The molecular weight excluding hydrogens is 348 g/mol. The molecule has 1 aromatic heterocycles. The maximum atomic E-state index is 10.7. The van der Waals surface area contributed by atoms with Crippen LogP contribution < -0.4 is 4.90 Å². The van der Waals surface area contributed by atoms with Crippen molar-refractivity contribution in [1.82, 2.24) is 14.9 Å². The third-order valence-corrected chi connectivity index (χ3v) is 6.63. The zero-order valence-electron chi connectivity index (χ0n) is 16.3. The molecule has 0 unspecified atom stereocenters. The number of benzene rings is 1. The van der Waals surface area contributed by atoms with Gasteiger partial charge in [0.05, 0.1) is 5.69 Å². The van der Waals surface area contributed by atoms with E-state index >= 15 is 0 Å². The van der Waals surface area contributed by atoms with Crippen LogP contribution in [0.3, 0.4) is 0 Å². The van der Waals surface area contributed by atoms with Crippen LogP contribution >= 0.6 is 0 Å². The van der Waals surface area contributed by atoms with Crippen molar-refractivity contribution in [1.29, 1.82) is 0 Å². The number of phenolic OH excluding ortho intramolecular Hbond substituents is 1. The molecule has 1 N–H and O–H groups in total. The quantitative estimate of drug-likeness (QED) is 0.805. The lowest BCUT2D eigenvalue weighted by Crippen LogP contribution is -2.38. The van der Waals surface area contributed by atoms with Crippen molar-refractivity contribution in [2.24, 2.45) is 0 Å². The van der Waals surface area contributed by atoms with Crippen LogP contribution in [0.4, 0.5) is 5.95 Å². The summed E-state index contributed by atoms with van der Waals surface area (Å²) in [6.45, 7) is 6.74. The summed E-state index contributed by atoms with van der Waals surface area (Å²) < 4.78 is 0. The second kappa shape index (κ2) is 7.21. The summed E-state index contributed by atoms with van der Waals surface area (Å²) in [5, 5.41) is 10.7. The molecule has 2 bridgehead atoms. The molecule has 4 heterocycles. The molecule has 0 radical (unpaired) electrons. The Bertz CT molecular complexity index is 890. The van der Waals surface area contributed by atoms with E-state index in [0.717, 1.165) is 49.6 Å². The Labute approximate surface area is 166 Å². The van der Waals surface area contributed by atoms with Crippen LogP contribution in [0.1, 0.15) is 54.1 Å². The number of nitrogens with zero attached hydrogens (tertiary/aromatic N) is 4. The average Bonchev–Trinajstić information content (AvgIpc) is 3.33. The molecule has 2 saturated heterocycles. The second-order valence-electron chi connectivity index (χ2n) is 8.31. The average molecular weight is 377 g/mol. The van der Waals surface area contributed by atoms with E-state index in [4.69, 9.17) is 9.97 Å². The SMILES string of the molecule is C=CCc1cccc(CN2[C@H]3CC[C@@H]2c2cnc(N4CCCC4)nc2C3)c1O. The first kappa shape index (κ1) is 17.7. The molecule has 0 amide bonds. The van der Waals surface area contributed by atoms with Crippen molar-refractivity contribution in [3.05, 3.63) is 59.4 Å². The molecule has 1 aromatic carbocycles. The Hall–Kier alpha value is -2.40. The smallest absolute Gasteiger partial charge is 0.225 e. The monoisotopic (exact) mass is 376 g/mol. The highest BCUT2D eigenvalue weighted by molar-refractivity contribution is 5.42. The van der Waals surface area contributed by atoms with Crippen molar-refractivity contribution < 1.29 is 5.11 Å². The summed E-state index contributed by atoms with van der Waals surface area (Å²) in [7, 11) is 0. The topological polar surface area (TPSA) is 52.5 Å². The summed E-state index contributed by atoms with van der Waals surface area (Å²) in [5.41, 5.74) is 4.49. The maximum Gasteiger partial charge on any atom is 0.225 e. The molecule has 3 aliphatic rings. The minimum atomic E-state index is 0.365. The molecule has 5 heteroatoms. The Morgan fingerprint density at radius 1 is 1.18 bits per heavy atom. The maximum absolute atomic E-state index is 10.7. The first-order valence-electron chi connectivity index (χ1n) is 10.5. The molecule has 28 heavy (non-hydrogen) atoms. The van der Waals surface area contributed by atoms with Crippen LogP contribution in [0.15, 0.2) is 37.1 Å². The van der Waals surface area contributed by atoms with E-state index in [-0.39, 0.29) is 0 Å². The van der Waals surface area contributed by atoms with Crippen molar-refractivity contribution in [2.75, 3.05) is 18.0 Å². The number of rotatable bonds is 5. The van der Waals surface area contributed by atoms with Gasteiger partial charge in [-0.05, 0) is 37.7 Å². The largest absolute Gasteiger partial charge is 0.507 e. The van der Waals surface area contributed by atoms with Gasteiger partial charge in [-0.3, -0.25) is 4.90 Å². The van der Waals surface area contributed by atoms with Crippen LogP contribution in [-0.2, 0) is 19.4 Å². The first-order valence-corrected chi connectivity index (χ1v) is 10.5. The van der Waals surface area contributed by atoms with Crippen LogP contribution in [-0.4, -0.2) is 39.1 Å². The predicted octanol–water partition coefficient (Wildman–Crippen LogP) is 3.77. The number of para-hydroxylation sites is 1. The van der Waals surface area contributed by atoms with Gasteiger partial charge in [0.2, 0.25) is 5.95 Å². The van der Waals surface area contributed by atoms with Gasteiger partial charge in [0, 0.05) is 55.5 Å². The molecule has 0 spiro atoms. The predicted molar refractivity (Wildman–Crippen MR) is 110 cm³/mol. The number of phenols is 1. The van der Waals surface area contributed by atoms with E-state index < -0.39 is 0 Å². The van der Waals surface area contributed by atoms with Gasteiger partial charge in [-0.1, -0.05) is 24.3 Å². The number of anilines is 1. The van der Waals surface area contributed by atoms with Gasteiger partial charge < -0.3 is 10.0 Å². The molecule has 5 rings (SSSR count). The van der Waals surface area contributed by atoms with Crippen molar-refractivity contribution in [3.63, 3.8) is 0 Å².